The van der Waals surface area contributed by atoms with Crippen molar-refractivity contribution in [3.8, 4) is 5.75 Å². The van der Waals surface area contributed by atoms with Crippen LogP contribution in [0.2, 0.25) is 0 Å². The van der Waals surface area contributed by atoms with Gasteiger partial charge in [0, 0.05) is 12.5 Å². The Hall–Kier alpha value is -2.34. The van der Waals surface area contributed by atoms with E-state index in [0.717, 1.165) is 0 Å². The van der Waals surface area contributed by atoms with Crippen molar-refractivity contribution in [2.75, 3.05) is 13.7 Å². The van der Waals surface area contributed by atoms with Crippen molar-refractivity contribution < 1.29 is 23.4 Å². The SMILES string of the molecule is CCOC(=O)c1cc2cc(OC(C)OC)ccc2oc1=O. The fourth-order valence-corrected chi connectivity index (χ4v) is 1.77. The third kappa shape index (κ3) is 3.41. The Balaban J connectivity index is 2.43. The van der Waals surface area contributed by atoms with Gasteiger partial charge < -0.3 is 18.6 Å². The monoisotopic (exact) mass is 292 g/mol. The molecule has 0 saturated carbocycles. The number of benzene rings is 1. The Morgan fingerprint density at radius 1 is 1.33 bits per heavy atom. The molecule has 0 aliphatic rings. The molecule has 0 aliphatic heterocycles. The van der Waals surface area contributed by atoms with Gasteiger partial charge in [-0.1, -0.05) is 0 Å². The first-order valence-electron chi connectivity index (χ1n) is 6.49. The molecule has 1 aromatic heterocycles. The molecule has 0 bridgehead atoms. The van der Waals surface area contributed by atoms with E-state index in [2.05, 4.69) is 0 Å². The van der Waals surface area contributed by atoms with Crippen molar-refractivity contribution in [3.63, 3.8) is 0 Å². The van der Waals surface area contributed by atoms with Crippen LogP contribution in [0.15, 0.2) is 33.5 Å². The van der Waals surface area contributed by atoms with E-state index in [1.165, 1.54) is 13.2 Å². The van der Waals surface area contributed by atoms with Crippen LogP contribution in [0.4, 0.5) is 0 Å². The normalized spacial score (nSPS) is 12.1. The molecule has 1 heterocycles. The summed E-state index contributed by atoms with van der Waals surface area (Å²) >= 11 is 0. The predicted molar refractivity (Wildman–Crippen MR) is 75.5 cm³/mol. The summed E-state index contributed by atoms with van der Waals surface area (Å²) in [5.41, 5.74) is -0.494. The number of hydrogen-bond acceptors (Lipinski definition) is 6. The minimum atomic E-state index is -0.722. The Kier molecular flexibility index (Phi) is 4.59. The van der Waals surface area contributed by atoms with Crippen LogP contribution in [0.1, 0.15) is 24.2 Å². The number of esters is 1. The minimum absolute atomic E-state index is 0.138. The Morgan fingerprint density at radius 3 is 2.76 bits per heavy atom. The molecule has 1 aromatic carbocycles. The molecule has 0 N–H and O–H groups in total. The van der Waals surface area contributed by atoms with E-state index in [1.54, 1.807) is 32.0 Å². The molecule has 2 rings (SSSR count). The third-order valence-electron chi connectivity index (χ3n) is 2.83. The molecular formula is C15H16O6. The first-order chi connectivity index (χ1) is 10.0. The van der Waals surface area contributed by atoms with Crippen LogP contribution in [-0.2, 0) is 9.47 Å². The molecule has 21 heavy (non-hydrogen) atoms. The van der Waals surface area contributed by atoms with E-state index < -0.39 is 17.9 Å². The third-order valence-corrected chi connectivity index (χ3v) is 2.83. The molecule has 0 amide bonds. The minimum Gasteiger partial charge on any atom is -0.465 e. The van der Waals surface area contributed by atoms with Crippen LogP contribution >= 0.6 is 0 Å². The van der Waals surface area contributed by atoms with Crippen molar-refractivity contribution in [2.45, 2.75) is 20.1 Å². The predicted octanol–water partition coefficient (Wildman–Crippen LogP) is 2.34. The fraction of sp³-hybridized carbons (Fsp3) is 0.333. The van der Waals surface area contributed by atoms with E-state index in [4.69, 9.17) is 18.6 Å². The second kappa shape index (κ2) is 6.41. The summed E-state index contributed by atoms with van der Waals surface area (Å²) in [5.74, 6) is -0.162. The lowest BCUT2D eigenvalue weighted by molar-refractivity contribution is -0.0382. The van der Waals surface area contributed by atoms with Gasteiger partial charge in [0.1, 0.15) is 16.9 Å². The summed E-state index contributed by atoms with van der Waals surface area (Å²) in [7, 11) is 1.53. The van der Waals surface area contributed by atoms with Crippen molar-refractivity contribution in [2.24, 2.45) is 0 Å². The van der Waals surface area contributed by atoms with Crippen LogP contribution in [0.5, 0.6) is 5.75 Å². The summed E-state index contributed by atoms with van der Waals surface area (Å²) in [4.78, 5) is 23.4. The largest absolute Gasteiger partial charge is 0.465 e. The summed E-state index contributed by atoms with van der Waals surface area (Å²) in [5, 5.41) is 0.568. The van der Waals surface area contributed by atoms with Crippen molar-refractivity contribution in [3.05, 3.63) is 40.2 Å². The first kappa shape index (κ1) is 15.1. The van der Waals surface area contributed by atoms with Crippen LogP contribution in [-0.4, -0.2) is 26.0 Å². The highest BCUT2D eigenvalue weighted by molar-refractivity contribution is 5.93. The van der Waals surface area contributed by atoms with Crippen LogP contribution in [0.25, 0.3) is 11.0 Å². The molecule has 1 unspecified atom stereocenters. The standard InChI is InChI=1S/C15H16O6/c1-4-19-14(16)12-8-10-7-11(20-9(2)18-3)5-6-13(10)21-15(12)17/h5-9H,4H2,1-3H3. The summed E-state index contributed by atoms with van der Waals surface area (Å²) < 4.78 is 20.4. The molecule has 112 valence electrons. The topological polar surface area (TPSA) is 75.0 Å². The average molecular weight is 292 g/mol. The van der Waals surface area contributed by atoms with Crippen molar-refractivity contribution in [1.82, 2.24) is 0 Å². The van der Waals surface area contributed by atoms with Crippen LogP contribution in [0, 0.1) is 0 Å². The second-order valence-electron chi connectivity index (χ2n) is 4.29. The van der Waals surface area contributed by atoms with Gasteiger partial charge >= 0.3 is 11.6 Å². The molecular weight excluding hydrogens is 276 g/mol. The maximum atomic E-state index is 11.7. The van der Waals surface area contributed by atoms with Gasteiger partial charge in [-0.05, 0) is 38.1 Å². The lowest BCUT2D eigenvalue weighted by Gasteiger charge is -2.12. The van der Waals surface area contributed by atoms with Gasteiger partial charge in [0.25, 0.3) is 0 Å². The molecule has 0 spiro atoms. The van der Waals surface area contributed by atoms with E-state index in [9.17, 15) is 9.59 Å². The summed E-state index contributed by atoms with van der Waals surface area (Å²) in [6.07, 6.45) is -0.414. The van der Waals surface area contributed by atoms with Gasteiger partial charge in [0.2, 0.25) is 0 Å². The van der Waals surface area contributed by atoms with Crippen molar-refractivity contribution >= 4 is 16.9 Å². The zero-order valence-electron chi connectivity index (χ0n) is 12.0. The molecule has 0 radical (unpaired) electrons. The number of fused-ring (bicyclic) bond motifs is 1. The van der Waals surface area contributed by atoms with Gasteiger partial charge in [-0.2, -0.15) is 0 Å². The Bertz CT molecular complexity index is 703. The second-order valence-corrected chi connectivity index (χ2v) is 4.29. The molecule has 6 nitrogen and oxygen atoms in total. The number of hydrogen-bond donors (Lipinski definition) is 0. The highest BCUT2D eigenvalue weighted by Crippen LogP contribution is 2.21. The molecule has 0 fully saturated rings. The molecule has 2 aromatic rings. The lowest BCUT2D eigenvalue weighted by atomic mass is 10.2. The Morgan fingerprint density at radius 2 is 2.10 bits per heavy atom. The Labute approximate surface area is 121 Å². The zero-order valence-corrected chi connectivity index (χ0v) is 12.0. The lowest BCUT2D eigenvalue weighted by Crippen LogP contribution is -2.16. The van der Waals surface area contributed by atoms with Gasteiger partial charge in [0.15, 0.2) is 6.29 Å². The highest BCUT2D eigenvalue weighted by Gasteiger charge is 2.15. The molecule has 1 atom stereocenters. The van der Waals surface area contributed by atoms with Crippen molar-refractivity contribution in [1.29, 1.82) is 0 Å². The smallest absolute Gasteiger partial charge is 0.351 e. The number of carbonyl (C=O) groups is 1. The zero-order chi connectivity index (χ0) is 15.4. The van der Waals surface area contributed by atoms with E-state index in [0.29, 0.717) is 16.7 Å². The summed E-state index contributed by atoms with van der Waals surface area (Å²) in [6, 6.07) is 6.36. The summed E-state index contributed by atoms with van der Waals surface area (Å²) in [6.45, 7) is 3.60. The quantitative estimate of drug-likeness (QED) is 0.478. The molecule has 6 heteroatoms. The number of rotatable bonds is 5. The van der Waals surface area contributed by atoms with E-state index in [-0.39, 0.29) is 12.2 Å². The molecule has 0 aliphatic carbocycles. The number of ether oxygens (including phenoxy) is 3. The average Bonchev–Trinajstić information content (AvgIpc) is 2.47. The van der Waals surface area contributed by atoms with Crippen LogP contribution < -0.4 is 10.4 Å². The van der Waals surface area contributed by atoms with E-state index in [1.807, 2.05) is 0 Å². The number of carbonyl (C=O) groups excluding carboxylic acids is 1. The van der Waals surface area contributed by atoms with E-state index >= 15 is 0 Å². The first-order valence-corrected chi connectivity index (χ1v) is 6.49. The maximum absolute atomic E-state index is 11.7. The maximum Gasteiger partial charge on any atom is 0.351 e. The fourth-order valence-electron chi connectivity index (χ4n) is 1.77. The van der Waals surface area contributed by atoms with Gasteiger partial charge in [-0.3, -0.25) is 0 Å². The number of methoxy groups -OCH3 is 1. The van der Waals surface area contributed by atoms with Gasteiger partial charge in [-0.15, -0.1) is 0 Å². The highest BCUT2D eigenvalue weighted by atomic mass is 16.7. The van der Waals surface area contributed by atoms with Crippen LogP contribution in [0.3, 0.4) is 0 Å². The van der Waals surface area contributed by atoms with Gasteiger partial charge in [0.05, 0.1) is 6.61 Å². The molecule has 0 saturated heterocycles. The van der Waals surface area contributed by atoms with Gasteiger partial charge in [-0.25, -0.2) is 9.59 Å².